The molecule has 0 amide bonds. The Balaban J connectivity index is 1.09. The lowest BCUT2D eigenvalue weighted by molar-refractivity contribution is -0.396. The van der Waals surface area contributed by atoms with Crippen molar-refractivity contribution >= 4 is 23.5 Å². The fourth-order valence-corrected chi connectivity index (χ4v) is 12.5. The van der Waals surface area contributed by atoms with Crippen LogP contribution in [0.2, 0.25) is 0 Å². The summed E-state index contributed by atoms with van der Waals surface area (Å²) in [6, 6.07) is 0. The third-order valence-electron chi connectivity index (χ3n) is 15.5. The molecule has 0 radical (unpaired) electrons. The van der Waals surface area contributed by atoms with Gasteiger partial charge in [-0.2, -0.15) is 23.5 Å². The summed E-state index contributed by atoms with van der Waals surface area (Å²) < 4.78 is 81.3. The lowest BCUT2D eigenvalue weighted by atomic mass is 9.95. The van der Waals surface area contributed by atoms with Crippen molar-refractivity contribution in [3.05, 3.63) is 0 Å². The van der Waals surface area contributed by atoms with Crippen LogP contribution in [0.1, 0.15) is 6.42 Å². The van der Waals surface area contributed by atoms with Crippen LogP contribution in [0, 0.1) is 0 Å². The molecule has 34 nitrogen and oxygen atoms in total. The topological polar surface area (TPSA) is 534 Å². The van der Waals surface area contributed by atoms with E-state index in [1.807, 2.05) is 6.26 Å². The summed E-state index contributed by atoms with van der Waals surface area (Å²) in [4.78, 5) is 0. The fraction of sp³-hybridized carbons (Fsp3) is 1.00. The van der Waals surface area contributed by atoms with Gasteiger partial charge < -0.3 is 168 Å². The van der Waals surface area contributed by atoms with E-state index in [1.54, 1.807) is 11.8 Å². The highest BCUT2D eigenvalue weighted by Gasteiger charge is 2.59. The van der Waals surface area contributed by atoms with Crippen LogP contribution in [0.4, 0.5) is 0 Å². The average Bonchev–Trinajstić information content (AvgIpc) is 2.82. The summed E-state index contributed by atoms with van der Waals surface area (Å²) in [7, 11) is 0. The molecule has 0 saturated carbocycles. The Morgan fingerprint density at radius 3 is 0.610 bits per heavy atom. The van der Waals surface area contributed by atoms with Gasteiger partial charge in [0.05, 0.1) is 45.7 Å². The molecule has 21 aliphatic rings. The largest absolute Gasteiger partial charge is 0.394 e. The molecule has 21 heterocycles. The molecular formula is C46H78O34S2. The minimum Gasteiger partial charge on any atom is -0.394 e. The van der Waals surface area contributed by atoms with Gasteiger partial charge >= 0.3 is 0 Å². The lowest BCUT2D eigenvalue weighted by Crippen LogP contribution is -2.68. The molecule has 20 N–H and O–H groups in total. The maximum atomic E-state index is 11.7. The van der Waals surface area contributed by atoms with E-state index < -0.39 is 255 Å². The molecule has 0 unspecified atom stereocenters. The van der Waals surface area contributed by atoms with Gasteiger partial charge in [-0.1, -0.05) is 0 Å². The van der Waals surface area contributed by atoms with Crippen molar-refractivity contribution in [3.8, 4) is 0 Å². The van der Waals surface area contributed by atoms with Crippen molar-refractivity contribution in [2.24, 2.45) is 0 Å². The first-order valence-electron chi connectivity index (χ1n) is 26.6. The number of ether oxygens (including phenoxy) is 14. The number of aliphatic hydroxyl groups excluding tert-OH is 20. The van der Waals surface area contributed by atoms with Gasteiger partial charge in [-0.25, -0.2) is 0 Å². The molecule has 478 valence electrons. The highest BCUT2D eigenvalue weighted by molar-refractivity contribution is 7.99. The zero-order valence-electron chi connectivity index (χ0n) is 43.8. The van der Waals surface area contributed by atoms with Gasteiger partial charge in [-0.3, -0.25) is 0 Å². The summed E-state index contributed by atoms with van der Waals surface area (Å²) >= 11 is 2.88. The molecular weight excluding hydrogens is 1160 g/mol. The van der Waals surface area contributed by atoms with E-state index >= 15 is 0 Å². The average molecular weight is 1240 g/mol. The molecule has 0 aromatic heterocycles. The van der Waals surface area contributed by atoms with Crippen LogP contribution in [-0.4, -0.2) is 380 Å². The molecule has 82 heavy (non-hydrogen) atoms. The molecule has 0 aliphatic carbocycles. The molecule has 14 bridgehead atoms. The number of aliphatic hydroxyl groups is 20. The van der Waals surface area contributed by atoms with Crippen molar-refractivity contribution in [1.82, 2.24) is 0 Å². The second-order valence-corrected chi connectivity index (χ2v) is 23.0. The lowest BCUT2D eigenvalue weighted by Gasteiger charge is -2.50. The number of hydrogen-bond donors (Lipinski definition) is 20. The zero-order valence-corrected chi connectivity index (χ0v) is 45.4. The van der Waals surface area contributed by atoms with Crippen LogP contribution in [0.3, 0.4) is 0 Å². The van der Waals surface area contributed by atoms with Crippen LogP contribution < -0.4 is 0 Å². The minimum atomic E-state index is -2.20. The fourth-order valence-electron chi connectivity index (χ4n) is 10.9. The van der Waals surface area contributed by atoms with Crippen molar-refractivity contribution < 1.29 is 168 Å². The van der Waals surface area contributed by atoms with Crippen molar-refractivity contribution in [2.75, 3.05) is 63.2 Å². The zero-order chi connectivity index (χ0) is 59.6. The Labute approximate surface area is 475 Å². The van der Waals surface area contributed by atoms with E-state index in [2.05, 4.69) is 0 Å². The molecule has 21 fully saturated rings. The van der Waals surface area contributed by atoms with Gasteiger partial charge in [0, 0.05) is 5.75 Å². The Kier molecular flexibility index (Phi) is 24.4. The first-order chi connectivity index (χ1) is 39.2. The van der Waals surface area contributed by atoms with E-state index in [0.29, 0.717) is 12.2 Å². The Morgan fingerprint density at radius 2 is 0.427 bits per heavy atom. The maximum absolute atomic E-state index is 11.7. The summed E-state index contributed by atoms with van der Waals surface area (Å²) in [5.74, 6) is 1.27. The van der Waals surface area contributed by atoms with E-state index in [4.69, 9.17) is 66.3 Å². The molecule has 21 rings (SSSR count). The first kappa shape index (κ1) is 67.3. The standard InChI is InChI=1S/C46H78O34S2/c1-81-3-2-4-82-11-18-39-25(59)32(66)46(73-18)79-38-17(10-52)71-44(30(64)23(38)57)77-36-15(8-50)69-42(28(62)21(36)55)75-34-13(6-48)67-40(26(60)19(34)53)74-33-12(5-47)68-41(27(61)20(33)54)76-35-14(7-49)70-43(29(63)22(35)56)78-37-16(9-51)72-45(80-39)31(65)24(37)58/h12-66H,2-11H2,1H3/t12-,13-,14-,15-,16-,17-,18-,19-,20-,21+,22-,23-,24-,25-,26-,27-,28-,29-,30-,31-,32-,33-,34-,35-,36-,37-,38-,39-,40-,41-,42-,43-,44-,45-,46-/m1/s1. The summed E-state index contributed by atoms with van der Waals surface area (Å²) in [5, 5.41) is 223. The highest BCUT2D eigenvalue weighted by Crippen LogP contribution is 2.39. The summed E-state index contributed by atoms with van der Waals surface area (Å²) in [6.07, 6.45) is -65.8. The predicted molar refractivity (Wildman–Crippen MR) is 262 cm³/mol. The van der Waals surface area contributed by atoms with Crippen LogP contribution >= 0.6 is 23.5 Å². The Hall–Kier alpha value is -0.660. The molecule has 0 spiro atoms. The van der Waals surface area contributed by atoms with Crippen molar-refractivity contribution in [3.63, 3.8) is 0 Å². The molecule has 21 saturated heterocycles. The third kappa shape index (κ3) is 14.0. The van der Waals surface area contributed by atoms with E-state index in [0.717, 1.165) is 5.75 Å². The van der Waals surface area contributed by atoms with Crippen LogP contribution in [-0.2, 0) is 66.3 Å². The number of thioether (sulfide) groups is 2. The van der Waals surface area contributed by atoms with E-state index in [9.17, 15) is 102 Å². The molecule has 36 heteroatoms. The normalized spacial score (nSPS) is 52.7. The number of hydrogen-bond acceptors (Lipinski definition) is 36. The van der Waals surface area contributed by atoms with Crippen LogP contribution in [0.15, 0.2) is 0 Å². The quantitative estimate of drug-likeness (QED) is 0.0807. The van der Waals surface area contributed by atoms with Gasteiger partial charge in [0.1, 0.15) is 165 Å². The van der Waals surface area contributed by atoms with Gasteiger partial charge in [0.25, 0.3) is 0 Å². The Bertz CT molecular complexity index is 1920. The summed E-state index contributed by atoms with van der Waals surface area (Å²) in [5.41, 5.74) is 0. The van der Waals surface area contributed by atoms with Crippen molar-refractivity contribution in [2.45, 2.75) is 221 Å². The summed E-state index contributed by atoms with van der Waals surface area (Å²) in [6.45, 7) is -6.13. The van der Waals surface area contributed by atoms with Gasteiger partial charge in [0.15, 0.2) is 44.0 Å². The van der Waals surface area contributed by atoms with Crippen molar-refractivity contribution in [1.29, 1.82) is 0 Å². The predicted octanol–water partition coefficient (Wildman–Crippen LogP) is -12.7. The Morgan fingerprint density at radius 1 is 0.244 bits per heavy atom. The van der Waals surface area contributed by atoms with E-state index in [1.165, 1.54) is 11.8 Å². The van der Waals surface area contributed by atoms with Crippen LogP contribution in [0.5, 0.6) is 0 Å². The molecule has 0 aromatic rings. The third-order valence-corrected chi connectivity index (χ3v) is 17.4. The monoisotopic (exact) mass is 1240 g/mol. The SMILES string of the molecule is CSCCCSC[C@H]1O[C@@H]2O[C@H]3[C@H](O)[C@@H](O)[C@@H](O[C@H]4[C@@H](O)[C@@H](O)[C@@H](O[C@H]5[C@H](O)[C@@H](O)[C@@H](O[C@H]6[C@H](O)[C@@H](O)[C@@H](O[C@H]7[C@H](O)[C@@H](O)[C@@H](O[C@H]8[C@H](O)[C@@H](O)[C@@H](O[C@H]1[C@H](O)[C@H]2O)O[C@@H]8CO)O[C@@H]7CO)O[C@@H]6CO)O[C@@H]5CO)O[C@@H]4CO)O[C@@H]3CO. The maximum Gasteiger partial charge on any atom is 0.187 e. The highest BCUT2D eigenvalue weighted by atomic mass is 32.2. The molecule has 35 atom stereocenters. The smallest absolute Gasteiger partial charge is 0.187 e. The van der Waals surface area contributed by atoms with Gasteiger partial charge in [-0.05, 0) is 24.2 Å². The second kappa shape index (κ2) is 29.8. The second-order valence-electron chi connectivity index (χ2n) is 20.9. The van der Waals surface area contributed by atoms with Gasteiger partial charge in [0.2, 0.25) is 0 Å². The first-order valence-corrected chi connectivity index (χ1v) is 29.1. The minimum absolute atomic E-state index is 0.0246. The number of rotatable bonds is 12. The van der Waals surface area contributed by atoms with Crippen LogP contribution in [0.25, 0.3) is 0 Å². The van der Waals surface area contributed by atoms with Gasteiger partial charge in [-0.15, -0.1) is 0 Å². The van der Waals surface area contributed by atoms with E-state index in [-0.39, 0.29) is 5.75 Å². The molecule has 21 aliphatic heterocycles. The molecule has 0 aromatic carbocycles.